The third-order valence-corrected chi connectivity index (χ3v) is 2.95. The zero-order chi connectivity index (χ0) is 12.5. The highest BCUT2D eigenvalue weighted by Crippen LogP contribution is 2.23. The van der Waals surface area contributed by atoms with Gasteiger partial charge in [-0.1, -0.05) is 12.2 Å². The average molecular weight is 245 g/mol. The van der Waals surface area contributed by atoms with Gasteiger partial charge in [-0.3, -0.25) is 4.79 Å². The number of carboxylic acid groups (broad SMARTS) is 1. The molecule has 1 aliphatic carbocycles. The van der Waals surface area contributed by atoms with Gasteiger partial charge in [0.25, 0.3) is 0 Å². The van der Waals surface area contributed by atoms with Crippen molar-refractivity contribution in [2.75, 3.05) is 5.32 Å². The highest BCUT2D eigenvalue weighted by molar-refractivity contribution is 5.82. The molecule has 0 saturated heterocycles. The Morgan fingerprint density at radius 2 is 2.28 bits per heavy atom. The number of carbonyl (C=O) groups is 1. The van der Waals surface area contributed by atoms with E-state index in [1.807, 2.05) is 6.08 Å². The molecule has 92 valence electrons. The lowest BCUT2D eigenvalue weighted by Crippen LogP contribution is -2.19. The number of nitrogens with zero attached hydrogens (tertiary/aromatic N) is 3. The molecule has 2 aromatic heterocycles. The third kappa shape index (κ3) is 1.79. The standard InChI is InChI=1S/C11H11N5O2/c17-11(18)6-1-2-7(3-6)16-10-8-9(13-4-12-8)14-5-15-10/h1-2,4-7H,3H2,(H,17,18)(H2,12,13,14,15,16). The van der Waals surface area contributed by atoms with Crippen molar-refractivity contribution in [3.8, 4) is 0 Å². The summed E-state index contributed by atoms with van der Waals surface area (Å²) in [5.74, 6) is -0.593. The molecular formula is C11H11N5O2. The topological polar surface area (TPSA) is 104 Å². The first-order valence-electron chi connectivity index (χ1n) is 5.56. The molecule has 3 rings (SSSR count). The second-order valence-corrected chi connectivity index (χ2v) is 4.14. The SMILES string of the molecule is O=C(O)C1C=CC(Nc2ncnc3nc[nH]c23)C1. The number of hydrogen-bond donors (Lipinski definition) is 3. The quantitative estimate of drug-likeness (QED) is 0.691. The number of fused-ring (bicyclic) bond motifs is 1. The molecule has 0 amide bonds. The molecule has 0 bridgehead atoms. The van der Waals surface area contributed by atoms with Gasteiger partial charge >= 0.3 is 5.97 Å². The van der Waals surface area contributed by atoms with Crippen LogP contribution in [0.5, 0.6) is 0 Å². The van der Waals surface area contributed by atoms with E-state index in [1.54, 1.807) is 12.4 Å². The molecule has 2 aromatic rings. The van der Waals surface area contributed by atoms with Crippen molar-refractivity contribution in [3.05, 3.63) is 24.8 Å². The van der Waals surface area contributed by atoms with Gasteiger partial charge in [0.1, 0.15) is 11.8 Å². The maximum Gasteiger partial charge on any atom is 0.310 e. The van der Waals surface area contributed by atoms with Gasteiger partial charge in [0.15, 0.2) is 11.5 Å². The summed E-state index contributed by atoms with van der Waals surface area (Å²) in [5, 5.41) is 12.1. The molecule has 1 aliphatic rings. The predicted molar refractivity (Wildman–Crippen MR) is 64.0 cm³/mol. The van der Waals surface area contributed by atoms with Crippen molar-refractivity contribution in [2.24, 2.45) is 5.92 Å². The number of anilines is 1. The van der Waals surface area contributed by atoms with Crippen molar-refractivity contribution in [3.63, 3.8) is 0 Å². The van der Waals surface area contributed by atoms with Crippen LogP contribution in [0.25, 0.3) is 11.2 Å². The van der Waals surface area contributed by atoms with Crippen LogP contribution in [-0.4, -0.2) is 37.1 Å². The van der Waals surface area contributed by atoms with E-state index in [-0.39, 0.29) is 6.04 Å². The molecule has 2 atom stereocenters. The number of aromatic amines is 1. The molecule has 7 nitrogen and oxygen atoms in total. The Morgan fingerprint density at radius 1 is 1.39 bits per heavy atom. The smallest absolute Gasteiger partial charge is 0.310 e. The second-order valence-electron chi connectivity index (χ2n) is 4.14. The van der Waals surface area contributed by atoms with Crippen molar-refractivity contribution in [1.82, 2.24) is 19.9 Å². The van der Waals surface area contributed by atoms with Crippen LogP contribution in [0.2, 0.25) is 0 Å². The molecule has 2 heterocycles. The molecule has 0 spiro atoms. The Bertz CT molecular complexity index is 621. The lowest BCUT2D eigenvalue weighted by Gasteiger charge is -2.12. The molecule has 2 unspecified atom stereocenters. The Balaban J connectivity index is 1.80. The minimum absolute atomic E-state index is 0.0347. The van der Waals surface area contributed by atoms with Crippen LogP contribution < -0.4 is 5.32 Å². The van der Waals surface area contributed by atoms with Gasteiger partial charge in [-0.25, -0.2) is 15.0 Å². The van der Waals surface area contributed by atoms with Crippen molar-refractivity contribution < 1.29 is 9.90 Å². The molecule has 3 N–H and O–H groups in total. The first kappa shape index (κ1) is 10.7. The van der Waals surface area contributed by atoms with Crippen LogP contribution in [-0.2, 0) is 4.79 Å². The summed E-state index contributed by atoms with van der Waals surface area (Å²) in [7, 11) is 0. The highest BCUT2D eigenvalue weighted by atomic mass is 16.4. The molecule has 0 aromatic carbocycles. The van der Waals surface area contributed by atoms with Crippen LogP contribution >= 0.6 is 0 Å². The number of rotatable bonds is 3. The fourth-order valence-corrected chi connectivity index (χ4v) is 2.04. The van der Waals surface area contributed by atoms with Gasteiger partial charge in [0, 0.05) is 6.04 Å². The number of aliphatic carboxylic acids is 1. The molecule has 0 radical (unpaired) electrons. The molecule has 0 fully saturated rings. The van der Waals surface area contributed by atoms with Crippen LogP contribution in [0.15, 0.2) is 24.8 Å². The monoisotopic (exact) mass is 245 g/mol. The van der Waals surface area contributed by atoms with Crippen molar-refractivity contribution in [1.29, 1.82) is 0 Å². The van der Waals surface area contributed by atoms with Gasteiger partial charge in [-0.05, 0) is 6.42 Å². The molecule has 18 heavy (non-hydrogen) atoms. The van der Waals surface area contributed by atoms with Gasteiger partial charge in [-0.15, -0.1) is 0 Å². The van der Waals surface area contributed by atoms with E-state index in [2.05, 4.69) is 25.3 Å². The first-order valence-corrected chi connectivity index (χ1v) is 5.56. The van der Waals surface area contributed by atoms with E-state index in [9.17, 15) is 4.79 Å². The Morgan fingerprint density at radius 3 is 3.06 bits per heavy atom. The summed E-state index contributed by atoms with van der Waals surface area (Å²) < 4.78 is 0. The van der Waals surface area contributed by atoms with E-state index in [0.29, 0.717) is 17.9 Å². The second kappa shape index (κ2) is 4.10. The van der Waals surface area contributed by atoms with E-state index in [1.165, 1.54) is 6.33 Å². The van der Waals surface area contributed by atoms with E-state index < -0.39 is 11.9 Å². The third-order valence-electron chi connectivity index (χ3n) is 2.95. The number of nitrogens with one attached hydrogen (secondary N) is 2. The van der Waals surface area contributed by atoms with Crippen LogP contribution in [0.3, 0.4) is 0 Å². The predicted octanol–water partition coefficient (Wildman–Crippen LogP) is 0.794. The van der Waals surface area contributed by atoms with Gasteiger partial charge in [-0.2, -0.15) is 0 Å². The zero-order valence-electron chi connectivity index (χ0n) is 9.37. The van der Waals surface area contributed by atoms with E-state index in [0.717, 1.165) is 5.52 Å². The summed E-state index contributed by atoms with van der Waals surface area (Å²) in [6.07, 6.45) is 7.05. The van der Waals surface area contributed by atoms with Crippen LogP contribution in [0, 0.1) is 5.92 Å². The number of carboxylic acids is 1. The average Bonchev–Trinajstić information content (AvgIpc) is 2.97. The number of H-pyrrole nitrogens is 1. The Labute approximate surface area is 102 Å². The van der Waals surface area contributed by atoms with Crippen LogP contribution in [0.4, 0.5) is 5.82 Å². The molecular weight excluding hydrogens is 234 g/mol. The van der Waals surface area contributed by atoms with Gasteiger partial charge < -0.3 is 15.4 Å². The summed E-state index contributed by atoms with van der Waals surface area (Å²) in [6, 6.07) is -0.0347. The van der Waals surface area contributed by atoms with Crippen molar-refractivity contribution in [2.45, 2.75) is 12.5 Å². The minimum Gasteiger partial charge on any atom is -0.481 e. The Kier molecular flexibility index (Phi) is 2.44. The zero-order valence-corrected chi connectivity index (χ0v) is 9.37. The fourth-order valence-electron chi connectivity index (χ4n) is 2.04. The summed E-state index contributed by atoms with van der Waals surface area (Å²) in [6.45, 7) is 0. The largest absolute Gasteiger partial charge is 0.481 e. The Hall–Kier alpha value is -2.44. The van der Waals surface area contributed by atoms with Crippen LogP contribution in [0.1, 0.15) is 6.42 Å². The summed E-state index contributed by atoms with van der Waals surface area (Å²) >= 11 is 0. The number of aromatic nitrogens is 4. The lowest BCUT2D eigenvalue weighted by atomic mass is 10.1. The fraction of sp³-hybridized carbons (Fsp3) is 0.273. The normalized spacial score (nSPS) is 22.4. The maximum absolute atomic E-state index is 10.8. The minimum atomic E-state index is -0.801. The lowest BCUT2D eigenvalue weighted by molar-refractivity contribution is -0.140. The molecule has 0 saturated carbocycles. The van der Waals surface area contributed by atoms with Gasteiger partial charge in [0.2, 0.25) is 0 Å². The molecule has 0 aliphatic heterocycles. The maximum atomic E-state index is 10.8. The van der Waals surface area contributed by atoms with Gasteiger partial charge in [0.05, 0.1) is 12.2 Å². The van der Waals surface area contributed by atoms with E-state index >= 15 is 0 Å². The number of hydrogen-bond acceptors (Lipinski definition) is 5. The number of imidazole rings is 1. The van der Waals surface area contributed by atoms with E-state index in [4.69, 9.17) is 5.11 Å². The first-order chi connectivity index (χ1) is 8.74. The summed E-state index contributed by atoms with van der Waals surface area (Å²) in [4.78, 5) is 26.0. The van der Waals surface area contributed by atoms with Crippen molar-refractivity contribution >= 4 is 23.0 Å². The highest BCUT2D eigenvalue weighted by Gasteiger charge is 2.24. The summed E-state index contributed by atoms with van der Waals surface area (Å²) in [5.41, 5.74) is 1.31. The molecule has 7 heteroatoms.